The lowest BCUT2D eigenvalue weighted by Crippen LogP contribution is -2.62. The van der Waals surface area contributed by atoms with Crippen LogP contribution in [0, 0.1) is 5.41 Å². The Labute approximate surface area is 92.3 Å². The van der Waals surface area contributed by atoms with Gasteiger partial charge in [0.15, 0.2) is 0 Å². The summed E-state index contributed by atoms with van der Waals surface area (Å²) >= 11 is 5.43. The second-order valence-electron chi connectivity index (χ2n) is 5.71. The Hall–Kier alpha value is -0.150. The van der Waals surface area contributed by atoms with Crippen molar-refractivity contribution in [2.24, 2.45) is 5.41 Å². The fourth-order valence-corrected chi connectivity index (χ4v) is 2.01. The summed E-state index contributed by atoms with van der Waals surface area (Å²) in [7, 11) is 0. The van der Waals surface area contributed by atoms with Crippen LogP contribution in [0.5, 0.6) is 0 Å². The molecule has 1 unspecified atom stereocenters. The molecule has 0 bridgehead atoms. The number of hydrogen-bond donors (Lipinski definition) is 1. The predicted octanol–water partition coefficient (Wildman–Crippen LogP) is 2.21. The summed E-state index contributed by atoms with van der Waals surface area (Å²) in [5.74, 6) is 0. The van der Waals surface area contributed by atoms with E-state index in [-0.39, 0.29) is 11.5 Å². The van der Waals surface area contributed by atoms with Crippen LogP contribution >= 0.6 is 12.2 Å². The van der Waals surface area contributed by atoms with E-state index in [0.29, 0.717) is 0 Å². The number of likely N-dealkylation sites (tertiary alicyclic amines) is 1. The number of hydrogen-bond acceptors (Lipinski definition) is 2. The van der Waals surface area contributed by atoms with E-state index in [1.165, 1.54) is 0 Å². The average molecular weight is 215 g/mol. The van der Waals surface area contributed by atoms with Crippen LogP contribution in [0.3, 0.4) is 0 Å². The van der Waals surface area contributed by atoms with Gasteiger partial charge in [-0.15, -0.1) is 0 Å². The summed E-state index contributed by atoms with van der Waals surface area (Å²) in [5.41, 5.74) is -0.618. The third-order valence-corrected chi connectivity index (χ3v) is 3.58. The Kier molecular flexibility index (Phi) is 2.94. The Morgan fingerprint density at radius 3 is 2.00 bits per heavy atom. The van der Waals surface area contributed by atoms with Crippen molar-refractivity contribution in [3.05, 3.63) is 0 Å². The summed E-state index contributed by atoms with van der Waals surface area (Å²) in [6.07, 6.45) is 1.04. The second-order valence-corrected chi connectivity index (χ2v) is 6.09. The third-order valence-electron chi connectivity index (χ3n) is 2.74. The van der Waals surface area contributed by atoms with Crippen LogP contribution in [-0.4, -0.2) is 33.2 Å². The van der Waals surface area contributed by atoms with E-state index in [1.54, 1.807) is 0 Å². The fraction of sp³-hybridized carbons (Fsp3) is 0.909. The van der Waals surface area contributed by atoms with Gasteiger partial charge in [-0.3, -0.25) is 0 Å². The zero-order chi connectivity index (χ0) is 11.1. The first-order valence-electron chi connectivity index (χ1n) is 5.17. The Balaban J connectivity index is 2.69. The first-order valence-corrected chi connectivity index (χ1v) is 5.58. The van der Waals surface area contributed by atoms with E-state index < -0.39 is 5.60 Å². The van der Waals surface area contributed by atoms with Crippen molar-refractivity contribution in [2.75, 3.05) is 6.54 Å². The highest BCUT2D eigenvalue weighted by molar-refractivity contribution is 7.80. The molecule has 0 aromatic heterocycles. The van der Waals surface area contributed by atoms with Crippen LogP contribution < -0.4 is 0 Å². The van der Waals surface area contributed by atoms with E-state index in [2.05, 4.69) is 25.7 Å². The highest BCUT2D eigenvalue weighted by Gasteiger charge is 2.42. The third kappa shape index (κ3) is 2.26. The van der Waals surface area contributed by atoms with Gasteiger partial charge in [0, 0.05) is 12.0 Å². The zero-order valence-electron chi connectivity index (χ0n) is 9.79. The molecule has 0 aromatic carbocycles. The molecule has 1 atom stereocenters. The molecule has 1 heterocycles. The molecule has 0 radical (unpaired) electrons. The highest BCUT2D eigenvalue weighted by atomic mass is 32.1. The lowest BCUT2D eigenvalue weighted by atomic mass is 9.84. The van der Waals surface area contributed by atoms with E-state index in [9.17, 15) is 5.11 Å². The summed E-state index contributed by atoms with van der Waals surface area (Å²) < 4.78 is 0. The van der Waals surface area contributed by atoms with Gasteiger partial charge >= 0.3 is 0 Å². The summed E-state index contributed by atoms with van der Waals surface area (Å²) in [6, 6.07) is 0.203. The van der Waals surface area contributed by atoms with Crippen LogP contribution in [-0.2, 0) is 0 Å². The van der Waals surface area contributed by atoms with Crippen molar-refractivity contribution >= 4 is 17.2 Å². The van der Waals surface area contributed by atoms with E-state index in [4.69, 9.17) is 12.2 Å². The van der Waals surface area contributed by atoms with Crippen LogP contribution in [0.15, 0.2) is 0 Å². The molecule has 1 aliphatic rings. The van der Waals surface area contributed by atoms with Crippen molar-refractivity contribution in [2.45, 2.75) is 52.7 Å². The molecule has 14 heavy (non-hydrogen) atoms. The standard InChI is InChI=1S/C11H21NOS/c1-10(2,3)9(14)12-7-6-8(12)11(4,5)13/h8,13H,6-7H2,1-5H3. The minimum Gasteiger partial charge on any atom is -0.388 e. The van der Waals surface area contributed by atoms with Crippen LogP contribution in [0.2, 0.25) is 0 Å². The largest absolute Gasteiger partial charge is 0.388 e. The minimum absolute atomic E-state index is 0.0270. The zero-order valence-corrected chi connectivity index (χ0v) is 10.6. The van der Waals surface area contributed by atoms with E-state index >= 15 is 0 Å². The molecule has 1 fully saturated rings. The van der Waals surface area contributed by atoms with Gasteiger partial charge in [-0.1, -0.05) is 33.0 Å². The van der Waals surface area contributed by atoms with Crippen LogP contribution in [0.1, 0.15) is 41.0 Å². The molecule has 1 N–H and O–H groups in total. The molecule has 0 saturated carbocycles. The van der Waals surface area contributed by atoms with Gasteiger partial charge in [0.1, 0.15) is 0 Å². The van der Waals surface area contributed by atoms with Gasteiger partial charge in [0.25, 0.3) is 0 Å². The van der Waals surface area contributed by atoms with Gasteiger partial charge in [-0.25, -0.2) is 0 Å². The number of aliphatic hydroxyl groups is 1. The number of thiocarbonyl (C=S) groups is 1. The molecule has 1 aliphatic heterocycles. The molecular formula is C11H21NOS. The first kappa shape index (κ1) is 11.9. The maximum Gasteiger partial charge on any atom is 0.0837 e. The molecule has 0 aromatic rings. The predicted molar refractivity (Wildman–Crippen MR) is 63.5 cm³/mol. The average Bonchev–Trinajstić information content (AvgIpc) is 1.77. The van der Waals surface area contributed by atoms with Gasteiger partial charge in [0.2, 0.25) is 0 Å². The van der Waals surface area contributed by atoms with E-state index in [1.807, 2.05) is 13.8 Å². The van der Waals surface area contributed by atoms with Gasteiger partial charge < -0.3 is 10.0 Å². The van der Waals surface area contributed by atoms with Gasteiger partial charge in [-0.05, 0) is 20.3 Å². The molecule has 1 saturated heterocycles. The van der Waals surface area contributed by atoms with Crippen molar-refractivity contribution in [3.63, 3.8) is 0 Å². The molecule has 3 heteroatoms. The summed E-state index contributed by atoms with van der Waals surface area (Å²) in [4.78, 5) is 3.13. The molecule has 1 rings (SSSR count). The van der Waals surface area contributed by atoms with Crippen molar-refractivity contribution in [3.8, 4) is 0 Å². The molecule has 2 nitrogen and oxygen atoms in total. The SMILES string of the molecule is CC(C)(C)C(=S)N1CCC1C(C)(C)O. The molecule has 0 spiro atoms. The summed E-state index contributed by atoms with van der Waals surface area (Å²) in [6.45, 7) is 11.1. The highest BCUT2D eigenvalue weighted by Crippen LogP contribution is 2.32. The molecule has 0 aliphatic carbocycles. The Morgan fingerprint density at radius 1 is 1.29 bits per heavy atom. The normalized spacial score (nSPS) is 23.3. The maximum absolute atomic E-state index is 9.92. The van der Waals surface area contributed by atoms with Gasteiger partial charge in [-0.2, -0.15) is 0 Å². The fourth-order valence-electron chi connectivity index (χ4n) is 1.80. The quantitative estimate of drug-likeness (QED) is 0.678. The lowest BCUT2D eigenvalue weighted by Gasteiger charge is -2.51. The number of nitrogens with zero attached hydrogens (tertiary/aromatic N) is 1. The molecular weight excluding hydrogens is 194 g/mol. The lowest BCUT2D eigenvalue weighted by molar-refractivity contribution is -0.0390. The Morgan fingerprint density at radius 2 is 1.79 bits per heavy atom. The van der Waals surface area contributed by atoms with Crippen molar-refractivity contribution in [1.82, 2.24) is 4.90 Å². The van der Waals surface area contributed by atoms with Crippen LogP contribution in [0.25, 0.3) is 0 Å². The van der Waals surface area contributed by atoms with Crippen LogP contribution in [0.4, 0.5) is 0 Å². The summed E-state index contributed by atoms with van der Waals surface area (Å²) in [5, 5.41) is 9.92. The second kappa shape index (κ2) is 3.46. The molecule has 0 amide bonds. The first-order chi connectivity index (χ1) is 6.14. The monoisotopic (exact) mass is 215 g/mol. The van der Waals surface area contributed by atoms with Gasteiger partial charge in [0.05, 0.1) is 16.6 Å². The maximum atomic E-state index is 9.92. The van der Waals surface area contributed by atoms with Crippen molar-refractivity contribution < 1.29 is 5.11 Å². The smallest absolute Gasteiger partial charge is 0.0837 e. The van der Waals surface area contributed by atoms with Crippen molar-refractivity contribution in [1.29, 1.82) is 0 Å². The van der Waals surface area contributed by atoms with E-state index in [0.717, 1.165) is 18.0 Å². The topological polar surface area (TPSA) is 23.5 Å². The Bertz CT molecular complexity index is 237. The minimum atomic E-state index is -0.645. The number of rotatable bonds is 1. The molecule has 82 valence electrons.